The Morgan fingerprint density at radius 3 is 2.95 bits per heavy atom. The first-order valence-electron chi connectivity index (χ1n) is 5.23. The van der Waals surface area contributed by atoms with Crippen LogP contribution in [0.1, 0.15) is 0 Å². The maximum absolute atomic E-state index is 13.0. The summed E-state index contributed by atoms with van der Waals surface area (Å²) in [6.45, 7) is 0. The van der Waals surface area contributed by atoms with Gasteiger partial charge in [-0.1, -0.05) is 0 Å². The zero-order valence-corrected chi connectivity index (χ0v) is 11.0. The molecule has 0 aliphatic heterocycles. The van der Waals surface area contributed by atoms with Gasteiger partial charge in [-0.15, -0.1) is 0 Å². The fourth-order valence-electron chi connectivity index (χ4n) is 1.56. The maximum atomic E-state index is 13.0. The minimum atomic E-state index is -0.367. The fourth-order valence-corrected chi connectivity index (χ4v) is 1.99. The molecule has 3 N–H and O–H groups in total. The Morgan fingerprint density at radius 2 is 2.16 bits per heavy atom. The third kappa shape index (κ3) is 2.22. The van der Waals surface area contributed by atoms with E-state index in [0.717, 1.165) is 0 Å². The highest BCUT2D eigenvalue weighted by atomic mass is 79.9. The number of fused-ring (bicyclic) bond motifs is 1. The van der Waals surface area contributed by atoms with Crippen molar-refractivity contribution in [3.05, 3.63) is 34.8 Å². The van der Waals surface area contributed by atoms with E-state index in [9.17, 15) is 4.39 Å². The van der Waals surface area contributed by atoms with Gasteiger partial charge in [-0.05, 0) is 34.1 Å². The molecule has 2 heterocycles. The standard InChI is InChI=1S/C11H7BrFN5O/c12-6-3-5(13)1-2-7(6)19-10-8-9(16-4-15-8)17-11(14)18-10/h1-4H,(H3,14,15,16,17,18). The molecule has 8 heteroatoms. The Bertz CT molecular complexity index is 760. The second-order valence-corrected chi connectivity index (χ2v) is 4.52. The van der Waals surface area contributed by atoms with Crippen molar-refractivity contribution >= 4 is 33.0 Å². The van der Waals surface area contributed by atoms with Crippen molar-refractivity contribution in [3.63, 3.8) is 0 Å². The van der Waals surface area contributed by atoms with Crippen LogP contribution < -0.4 is 10.5 Å². The Balaban J connectivity index is 2.07. The van der Waals surface area contributed by atoms with E-state index >= 15 is 0 Å². The summed E-state index contributed by atoms with van der Waals surface area (Å²) in [5, 5.41) is 0. The van der Waals surface area contributed by atoms with E-state index in [0.29, 0.717) is 21.4 Å². The third-order valence-corrected chi connectivity index (χ3v) is 2.99. The molecule has 96 valence electrons. The first kappa shape index (κ1) is 11.8. The van der Waals surface area contributed by atoms with E-state index in [4.69, 9.17) is 10.5 Å². The normalized spacial score (nSPS) is 10.8. The average Bonchev–Trinajstić information content (AvgIpc) is 2.80. The number of hydrogen-bond acceptors (Lipinski definition) is 5. The highest BCUT2D eigenvalue weighted by molar-refractivity contribution is 9.10. The van der Waals surface area contributed by atoms with Gasteiger partial charge in [-0.25, -0.2) is 9.37 Å². The number of anilines is 1. The zero-order valence-electron chi connectivity index (χ0n) is 9.39. The van der Waals surface area contributed by atoms with Gasteiger partial charge in [0.25, 0.3) is 5.88 Å². The molecular weight excluding hydrogens is 317 g/mol. The molecule has 2 aromatic heterocycles. The van der Waals surface area contributed by atoms with E-state index in [1.54, 1.807) is 0 Å². The molecular formula is C11H7BrFN5O. The van der Waals surface area contributed by atoms with Crippen LogP contribution in [-0.2, 0) is 0 Å². The quantitative estimate of drug-likeness (QED) is 0.756. The number of nitrogen functional groups attached to an aromatic ring is 1. The molecule has 3 rings (SSSR count). The van der Waals surface area contributed by atoms with E-state index < -0.39 is 0 Å². The number of imidazole rings is 1. The second-order valence-electron chi connectivity index (χ2n) is 3.66. The number of ether oxygens (including phenoxy) is 1. The summed E-state index contributed by atoms with van der Waals surface area (Å²) in [5.41, 5.74) is 6.49. The van der Waals surface area contributed by atoms with Gasteiger partial charge in [0.05, 0.1) is 10.8 Å². The molecule has 0 aliphatic carbocycles. The molecule has 6 nitrogen and oxygen atoms in total. The summed E-state index contributed by atoms with van der Waals surface area (Å²) >= 11 is 3.21. The van der Waals surface area contributed by atoms with Crippen molar-refractivity contribution in [2.75, 3.05) is 5.73 Å². The van der Waals surface area contributed by atoms with Crippen molar-refractivity contribution in [2.45, 2.75) is 0 Å². The monoisotopic (exact) mass is 323 g/mol. The minimum absolute atomic E-state index is 0.0489. The molecule has 0 unspecified atom stereocenters. The largest absolute Gasteiger partial charge is 0.436 e. The number of rotatable bonds is 2. The lowest BCUT2D eigenvalue weighted by molar-refractivity contribution is 0.463. The van der Waals surface area contributed by atoms with Crippen LogP contribution >= 0.6 is 15.9 Å². The van der Waals surface area contributed by atoms with E-state index in [2.05, 4.69) is 35.9 Å². The Hall–Kier alpha value is -2.22. The lowest BCUT2D eigenvalue weighted by Crippen LogP contribution is -1.98. The van der Waals surface area contributed by atoms with Crippen LogP contribution in [0.4, 0.5) is 10.3 Å². The summed E-state index contributed by atoms with van der Waals surface area (Å²) in [4.78, 5) is 14.8. The molecule has 0 radical (unpaired) electrons. The second kappa shape index (κ2) is 4.47. The summed E-state index contributed by atoms with van der Waals surface area (Å²) < 4.78 is 19.1. The lowest BCUT2D eigenvalue weighted by Gasteiger charge is -2.07. The lowest BCUT2D eigenvalue weighted by atomic mass is 10.3. The summed E-state index contributed by atoms with van der Waals surface area (Å²) in [6, 6.07) is 4.07. The van der Waals surface area contributed by atoms with Crippen LogP contribution in [0, 0.1) is 5.82 Å². The fraction of sp³-hybridized carbons (Fsp3) is 0. The van der Waals surface area contributed by atoms with Crippen LogP contribution in [0.3, 0.4) is 0 Å². The minimum Gasteiger partial charge on any atom is -0.436 e. The predicted octanol–water partition coefficient (Wildman–Crippen LogP) is 2.63. The molecule has 1 aromatic carbocycles. The maximum Gasteiger partial charge on any atom is 0.250 e. The van der Waals surface area contributed by atoms with Gasteiger partial charge < -0.3 is 15.5 Å². The number of H-pyrrole nitrogens is 1. The summed E-state index contributed by atoms with van der Waals surface area (Å²) in [5.74, 6) is 0.323. The molecule has 3 aromatic rings. The van der Waals surface area contributed by atoms with Gasteiger partial charge in [-0.3, -0.25) is 0 Å². The number of nitrogens with two attached hydrogens (primary N) is 1. The van der Waals surface area contributed by atoms with Gasteiger partial charge in [0, 0.05) is 0 Å². The molecule has 0 aliphatic rings. The molecule has 0 bridgehead atoms. The number of aromatic amines is 1. The van der Waals surface area contributed by atoms with Crippen LogP contribution in [0.15, 0.2) is 29.0 Å². The molecule has 0 fully saturated rings. The van der Waals surface area contributed by atoms with Crippen molar-refractivity contribution in [3.8, 4) is 11.6 Å². The van der Waals surface area contributed by atoms with Gasteiger partial charge in [0.15, 0.2) is 5.65 Å². The first-order chi connectivity index (χ1) is 9.13. The van der Waals surface area contributed by atoms with Crippen LogP contribution in [0.25, 0.3) is 11.2 Å². The van der Waals surface area contributed by atoms with Gasteiger partial charge in [0.2, 0.25) is 5.95 Å². The smallest absolute Gasteiger partial charge is 0.250 e. The van der Waals surface area contributed by atoms with Gasteiger partial charge in [0.1, 0.15) is 17.1 Å². The Labute approximate surface area is 115 Å². The highest BCUT2D eigenvalue weighted by Gasteiger charge is 2.12. The summed E-state index contributed by atoms with van der Waals surface area (Å²) in [7, 11) is 0. The van der Waals surface area contributed by atoms with Crippen molar-refractivity contribution in [2.24, 2.45) is 0 Å². The molecule has 0 atom stereocenters. The molecule has 0 saturated heterocycles. The van der Waals surface area contributed by atoms with Crippen molar-refractivity contribution in [1.82, 2.24) is 19.9 Å². The van der Waals surface area contributed by atoms with E-state index in [-0.39, 0.29) is 17.6 Å². The van der Waals surface area contributed by atoms with Crippen LogP contribution in [-0.4, -0.2) is 19.9 Å². The number of benzene rings is 1. The van der Waals surface area contributed by atoms with Gasteiger partial charge >= 0.3 is 0 Å². The number of aromatic nitrogens is 4. The highest BCUT2D eigenvalue weighted by Crippen LogP contribution is 2.31. The number of halogens is 2. The Kier molecular flexibility index (Phi) is 2.79. The first-order valence-corrected chi connectivity index (χ1v) is 6.02. The van der Waals surface area contributed by atoms with Crippen LogP contribution in [0.2, 0.25) is 0 Å². The van der Waals surface area contributed by atoms with Crippen LogP contribution in [0.5, 0.6) is 11.6 Å². The molecule has 0 saturated carbocycles. The zero-order chi connectivity index (χ0) is 13.4. The van der Waals surface area contributed by atoms with E-state index in [1.165, 1.54) is 24.5 Å². The van der Waals surface area contributed by atoms with E-state index in [1.807, 2.05) is 0 Å². The number of hydrogen-bond donors (Lipinski definition) is 2. The SMILES string of the molecule is Nc1nc(Oc2ccc(F)cc2Br)c2[nH]cnc2n1. The average molecular weight is 324 g/mol. The Morgan fingerprint density at radius 1 is 1.32 bits per heavy atom. The van der Waals surface area contributed by atoms with Crippen molar-refractivity contribution in [1.29, 1.82) is 0 Å². The number of nitrogens with one attached hydrogen (secondary N) is 1. The molecule has 0 amide bonds. The predicted molar refractivity (Wildman–Crippen MR) is 70.3 cm³/mol. The third-order valence-electron chi connectivity index (χ3n) is 2.37. The van der Waals surface area contributed by atoms with Crippen molar-refractivity contribution < 1.29 is 9.13 Å². The summed E-state index contributed by atoms with van der Waals surface area (Å²) in [6.07, 6.45) is 1.46. The van der Waals surface area contributed by atoms with Gasteiger partial charge in [-0.2, -0.15) is 9.97 Å². The topological polar surface area (TPSA) is 89.7 Å². The molecule has 19 heavy (non-hydrogen) atoms. The number of nitrogens with zero attached hydrogens (tertiary/aromatic N) is 3. The molecule has 0 spiro atoms.